The number of carbonyl (C=O) groups is 1. The van der Waals surface area contributed by atoms with Crippen molar-refractivity contribution in [2.45, 2.75) is 6.61 Å². The Morgan fingerprint density at radius 1 is 1.21 bits per heavy atom. The molecule has 3 aromatic rings. The number of nitrogen functional groups attached to an aromatic ring is 1. The van der Waals surface area contributed by atoms with Gasteiger partial charge in [0.05, 0.1) is 5.56 Å². The van der Waals surface area contributed by atoms with E-state index in [0.717, 1.165) is 16.6 Å². The number of nitrogens with two attached hydrogens (primary N) is 1. The van der Waals surface area contributed by atoms with Crippen LogP contribution in [0.2, 0.25) is 0 Å². The van der Waals surface area contributed by atoms with E-state index in [4.69, 9.17) is 14.9 Å². The molecule has 2 N–H and O–H groups in total. The third-order valence-corrected chi connectivity index (χ3v) is 3.88. The van der Waals surface area contributed by atoms with E-state index in [1.165, 1.54) is 12.1 Å². The molecule has 122 valence electrons. The fourth-order valence-electron chi connectivity index (χ4n) is 2.26. The second-order valence-corrected chi connectivity index (χ2v) is 5.95. The third kappa shape index (κ3) is 3.30. The highest BCUT2D eigenvalue weighted by Gasteiger charge is 2.14. The smallest absolute Gasteiger partial charge is 0.340 e. The van der Waals surface area contributed by atoms with Crippen LogP contribution in [-0.4, -0.2) is 5.97 Å². The summed E-state index contributed by atoms with van der Waals surface area (Å²) in [6, 6.07) is 9.86. The molecule has 0 bridgehead atoms. The number of carbonyl (C=O) groups excluding carboxylic acids is 1. The lowest BCUT2D eigenvalue weighted by Gasteiger charge is -2.09. The van der Waals surface area contributed by atoms with Crippen LogP contribution in [-0.2, 0) is 11.3 Å². The Labute approximate surface area is 144 Å². The van der Waals surface area contributed by atoms with Crippen LogP contribution in [0.4, 0.5) is 10.1 Å². The molecule has 0 unspecified atom stereocenters. The van der Waals surface area contributed by atoms with Crippen molar-refractivity contribution in [2.75, 3.05) is 5.73 Å². The maximum Gasteiger partial charge on any atom is 0.340 e. The van der Waals surface area contributed by atoms with Gasteiger partial charge in [-0.25, -0.2) is 14.0 Å². The van der Waals surface area contributed by atoms with E-state index in [-0.39, 0.29) is 17.9 Å². The number of halogens is 2. The first-order valence-electron chi connectivity index (χ1n) is 6.88. The Morgan fingerprint density at radius 3 is 2.75 bits per heavy atom. The summed E-state index contributed by atoms with van der Waals surface area (Å²) < 4.78 is 24.1. The van der Waals surface area contributed by atoms with Crippen molar-refractivity contribution in [1.82, 2.24) is 0 Å². The molecule has 5 nitrogen and oxygen atoms in total. The Bertz CT molecular complexity index is 1000. The van der Waals surface area contributed by atoms with E-state index in [0.29, 0.717) is 16.5 Å². The maximum absolute atomic E-state index is 13.0. The maximum atomic E-state index is 13.0. The van der Waals surface area contributed by atoms with Crippen molar-refractivity contribution in [3.63, 3.8) is 0 Å². The molecule has 0 aliphatic heterocycles. The molecule has 2 aromatic carbocycles. The van der Waals surface area contributed by atoms with Crippen LogP contribution in [0, 0.1) is 5.82 Å². The summed E-state index contributed by atoms with van der Waals surface area (Å²) in [6.07, 6.45) is 0. The average molecular weight is 392 g/mol. The molecule has 0 aliphatic carbocycles. The van der Waals surface area contributed by atoms with Gasteiger partial charge in [-0.1, -0.05) is 15.9 Å². The number of rotatable bonds is 3. The van der Waals surface area contributed by atoms with E-state index < -0.39 is 17.4 Å². The zero-order valence-electron chi connectivity index (χ0n) is 12.2. The van der Waals surface area contributed by atoms with Crippen LogP contribution in [0.5, 0.6) is 0 Å². The number of ether oxygens (including phenoxy) is 1. The highest BCUT2D eigenvalue weighted by Crippen LogP contribution is 2.23. The third-order valence-electron chi connectivity index (χ3n) is 3.38. The van der Waals surface area contributed by atoms with Gasteiger partial charge < -0.3 is 14.9 Å². The molecular formula is C17H11BrFNO4. The molecule has 7 heteroatoms. The summed E-state index contributed by atoms with van der Waals surface area (Å²) in [6.45, 7) is -0.140. The van der Waals surface area contributed by atoms with Gasteiger partial charge in [-0.3, -0.25) is 0 Å². The number of hydrogen-bond acceptors (Lipinski definition) is 5. The number of anilines is 1. The van der Waals surface area contributed by atoms with Crippen LogP contribution < -0.4 is 11.4 Å². The van der Waals surface area contributed by atoms with Gasteiger partial charge in [0.1, 0.15) is 18.0 Å². The topological polar surface area (TPSA) is 82.5 Å². The molecule has 0 amide bonds. The first kappa shape index (κ1) is 16.2. The predicted octanol–water partition coefficient (Wildman–Crippen LogP) is 3.63. The molecule has 0 aliphatic rings. The Kier molecular flexibility index (Phi) is 4.35. The minimum Gasteiger partial charge on any atom is -0.457 e. The van der Waals surface area contributed by atoms with Crippen LogP contribution in [0.3, 0.4) is 0 Å². The monoisotopic (exact) mass is 391 g/mol. The average Bonchev–Trinajstić information content (AvgIpc) is 2.51. The Balaban J connectivity index is 1.88. The standard InChI is InChI=1S/C17H11BrFNO4/c18-10-1-3-12-9(5-16(21)24-15(12)6-10)8-23-17(22)13-4-2-11(19)7-14(13)20/h1-7H,8,20H2. The van der Waals surface area contributed by atoms with Crippen LogP contribution in [0.15, 0.2) is 56.1 Å². The molecule has 0 saturated carbocycles. The van der Waals surface area contributed by atoms with E-state index in [1.54, 1.807) is 18.2 Å². The summed E-state index contributed by atoms with van der Waals surface area (Å²) in [5.74, 6) is -1.24. The number of fused-ring (bicyclic) bond motifs is 1. The molecule has 1 aromatic heterocycles. The van der Waals surface area contributed by atoms with Crippen molar-refractivity contribution >= 4 is 38.6 Å². The Hall–Kier alpha value is -2.67. The second-order valence-electron chi connectivity index (χ2n) is 5.04. The van der Waals surface area contributed by atoms with E-state index in [1.807, 2.05) is 0 Å². The summed E-state index contributed by atoms with van der Waals surface area (Å²) in [5.41, 5.74) is 5.99. The first-order chi connectivity index (χ1) is 11.4. The van der Waals surface area contributed by atoms with Crippen LogP contribution in [0.25, 0.3) is 11.0 Å². The molecule has 24 heavy (non-hydrogen) atoms. The summed E-state index contributed by atoms with van der Waals surface area (Å²) in [4.78, 5) is 23.7. The molecular weight excluding hydrogens is 381 g/mol. The zero-order valence-corrected chi connectivity index (χ0v) is 13.8. The van der Waals surface area contributed by atoms with Crippen molar-refractivity contribution in [1.29, 1.82) is 0 Å². The summed E-state index contributed by atoms with van der Waals surface area (Å²) in [7, 11) is 0. The number of esters is 1. The first-order valence-corrected chi connectivity index (χ1v) is 7.68. The van der Waals surface area contributed by atoms with Gasteiger partial charge >= 0.3 is 11.6 Å². The lowest BCUT2D eigenvalue weighted by Crippen LogP contribution is -2.10. The summed E-state index contributed by atoms with van der Waals surface area (Å²) in [5, 5.41) is 0.651. The van der Waals surface area contributed by atoms with E-state index in [2.05, 4.69) is 15.9 Å². The van der Waals surface area contributed by atoms with Gasteiger partial charge in [0, 0.05) is 27.2 Å². The molecule has 0 radical (unpaired) electrons. The Morgan fingerprint density at radius 2 is 2.00 bits per heavy atom. The predicted molar refractivity (Wildman–Crippen MR) is 90.1 cm³/mol. The van der Waals surface area contributed by atoms with Crippen LogP contribution >= 0.6 is 15.9 Å². The van der Waals surface area contributed by atoms with Crippen LogP contribution in [0.1, 0.15) is 15.9 Å². The molecule has 0 fully saturated rings. The lowest BCUT2D eigenvalue weighted by molar-refractivity contribution is 0.0475. The highest BCUT2D eigenvalue weighted by molar-refractivity contribution is 9.10. The van der Waals surface area contributed by atoms with Gasteiger partial charge in [-0.2, -0.15) is 0 Å². The van der Waals surface area contributed by atoms with Gasteiger partial charge in [0.25, 0.3) is 0 Å². The molecule has 0 saturated heterocycles. The quantitative estimate of drug-likeness (QED) is 0.418. The normalized spacial score (nSPS) is 10.8. The highest BCUT2D eigenvalue weighted by atomic mass is 79.9. The number of hydrogen-bond donors (Lipinski definition) is 1. The number of benzene rings is 2. The zero-order chi connectivity index (χ0) is 17.3. The van der Waals surface area contributed by atoms with E-state index >= 15 is 0 Å². The fourth-order valence-corrected chi connectivity index (χ4v) is 2.60. The minimum atomic E-state index is -0.703. The molecule has 0 atom stereocenters. The fraction of sp³-hybridized carbons (Fsp3) is 0.0588. The SMILES string of the molecule is Nc1cc(F)ccc1C(=O)OCc1cc(=O)oc2cc(Br)ccc12. The molecule has 0 spiro atoms. The van der Waals surface area contributed by atoms with Crippen molar-refractivity contribution in [2.24, 2.45) is 0 Å². The van der Waals surface area contributed by atoms with Crippen molar-refractivity contribution < 1.29 is 18.3 Å². The van der Waals surface area contributed by atoms with Gasteiger partial charge in [-0.05, 0) is 36.4 Å². The van der Waals surface area contributed by atoms with Gasteiger partial charge in [-0.15, -0.1) is 0 Å². The van der Waals surface area contributed by atoms with E-state index in [9.17, 15) is 14.0 Å². The molecule has 1 heterocycles. The second kappa shape index (κ2) is 6.45. The minimum absolute atomic E-state index is 0.0126. The molecule has 3 rings (SSSR count). The largest absolute Gasteiger partial charge is 0.457 e. The van der Waals surface area contributed by atoms with Crippen molar-refractivity contribution in [3.05, 3.63) is 74.3 Å². The van der Waals surface area contributed by atoms with Crippen molar-refractivity contribution in [3.8, 4) is 0 Å². The lowest BCUT2D eigenvalue weighted by atomic mass is 10.1. The summed E-state index contributed by atoms with van der Waals surface area (Å²) >= 11 is 3.30. The van der Waals surface area contributed by atoms with Gasteiger partial charge in [0.15, 0.2) is 0 Å². The van der Waals surface area contributed by atoms with Gasteiger partial charge in [0.2, 0.25) is 0 Å².